The van der Waals surface area contributed by atoms with Crippen molar-refractivity contribution in [3.05, 3.63) is 47.5 Å². The summed E-state index contributed by atoms with van der Waals surface area (Å²) in [6, 6.07) is 9.67. The summed E-state index contributed by atoms with van der Waals surface area (Å²) >= 11 is 0. The zero-order valence-corrected chi connectivity index (χ0v) is 10.1. The van der Waals surface area contributed by atoms with Crippen LogP contribution in [0.2, 0.25) is 0 Å². The summed E-state index contributed by atoms with van der Waals surface area (Å²) in [7, 11) is -3.11. The van der Waals surface area contributed by atoms with Crippen LogP contribution in [0.4, 0.5) is 0 Å². The van der Waals surface area contributed by atoms with Crippen molar-refractivity contribution in [3.8, 4) is 0 Å². The van der Waals surface area contributed by atoms with Crippen molar-refractivity contribution in [1.29, 1.82) is 0 Å². The second-order valence-corrected chi connectivity index (χ2v) is 6.05. The molecule has 0 N–H and O–H groups in total. The van der Waals surface area contributed by atoms with Crippen molar-refractivity contribution in [3.63, 3.8) is 0 Å². The highest BCUT2D eigenvalue weighted by Crippen LogP contribution is 2.16. The fourth-order valence-electron chi connectivity index (χ4n) is 1.76. The molecule has 1 aromatic carbocycles. The van der Waals surface area contributed by atoms with Gasteiger partial charge in [0, 0.05) is 13.1 Å². The summed E-state index contributed by atoms with van der Waals surface area (Å²) < 4.78 is 25.3. The fourth-order valence-corrected chi connectivity index (χ4v) is 3.28. The van der Waals surface area contributed by atoms with E-state index in [2.05, 4.69) is 0 Å². The van der Waals surface area contributed by atoms with Gasteiger partial charge in [0.25, 0.3) is 0 Å². The van der Waals surface area contributed by atoms with E-state index < -0.39 is 10.0 Å². The van der Waals surface area contributed by atoms with E-state index in [0.717, 1.165) is 11.1 Å². The van der Waals surface area contributed by atoms with Crippen molar-refractivity contribution in [2.75, 3.05) is 12.3 Å². The summed E-state index contributed by atoms with van der Waals surface area (Å²) in [5, 5.41) is 0. The van der Waals surface area contributed by atoms with Crippen molar-refractivity contribution in [2.24, 2.45) is 0 Å². The first-order valence-electron chi connectivity index (χ1n) is 5.25. The lowest BCUT2D eigenvalue weighted by atomic mass is 10.2. The Kier molecular flexibility index (Phi) is 3.12. The van der Waals surface area contributed by atoms with Gasteiger partial charge in [-0.2, -0.15) is 4.31 Å². The third kappa shape index (κ3) is 2.51. The lowest BCUT2D eigenvalue weighted by molar-refractivity contribution is 0.433. The first-order valence-corrected chi connectivity index (χ1v) is 6.86. The highest BCUT2D eigenvalue weighted by atomic mass is 32.2. The maximum Gasteiger partial charge on any atom is 0.218 e. The van der Waals surface area contributed by atoms with Gasteiger partial charge in [-0.25, -0.2) is 8.42 Å². The molecule has 0 aliphatic carbocycles. The SMILES string of the molecule is CC1=CCN(Cc2ccccc2)S(=O)(=O)C1. The predicted octanol–water partition coefficient (Wildman–Crippen LogP) is 1.78. The summed E-state index contributed by atoms with van der Waals surface area (Å²) in [6.07, 6.45) is 1.98. The van der Waals surface area contributed by atoms with Gasteiger partial charge in [-0.05, 0) is 12.5 Å². The quantitative estimate of drug-likeness (QED) is 0.735. The van der Waals surface area contributed by atoms with Gasteiger partial charge in [0.05, 0.1) is 5.75 Å². The van der Waals surface area contributed by atoms with E-state index in [-0.39, 0.29) is 5.75 Å². The van der Waals surface area contributed by atoms with Gasteiger partial charge in [-0.15, -0.1) is 0 Å². The Morgan fingerprint density at radius 1 is 1.25 bits per heavy atom. The molecule has 0 bridgehead atoms. The number of hydrogen-bond acceptors (Lipinski definition) is 2. The molecule has 2 rings (SSSR count). The molecule has 0 unspecified atom stereocenters. The molecule has 0 atom stereocenters. The van der Waals surface area contributed by atoms with Gasteiger partial charge in [-0.3, -0.25) is 0 Å². The average molecular weight is 237 g/mol. The molecule has 0 radical (unpaired) electrons. The Morgan fingerprint density at radius 3 is 2.56 bits per heavy atom. The second-order valence-electron chi connectivity index (χ2n) is 4.08. The largest absolute Gasteiger partial charge is 0.218 e. The number of rotatable bonds is 2. The minimum atomic E-state index is -3.11. The summed E-state index contributed by atoms with van der Waals surface area (Å²) in [5.41, 5.74) is 1.96. The third-order valence-corrected chi connectivity index (χ3v) is 4.53. The maximum absolute atomic E-state index is 11.9. The number of benzene rings is 1. The van der Waals surface area contributed by atoms with Crippen LogP contribution in [-0.2, 0) is 16.6 Å². The molecule has 0 saturated carbocycles. The summed E-state index contributed by atoms with van der Waals surface area (Å²) in [5.74, 6) is 0.153. The van der Waals surface area contributed by atoms with Gasteiger partial charge < -0.3 is 0 Å². The fraction of sp³-hybridized carbons (Fsp3) is 0.333. The Balaban J connectivity index is 2.18. The van der Waals surface area contributed by atoms with Gasteiger partial charge in [-0.1, -0.05) is 42.0 Å². The average Bonchev–Trinajstić information content (AvgIpc) is 2.23. The molecule has 1 aromatic rings. The number of sulfonamides is 1. The van der Waals surface area contributed by atoms with E-state index in [9.17, 15) is 8.42 Å². The number of nitrogens with zero attached hydrogens (tertiary/aromatic N) is 1. The highest BCUT2D eigenvalue weighted by molar-refractivity contribution is 7.89. The lowest BCUT2D eigenvalue weighted by Gasteiger charge is -2.25. The van der Waals surface area contributed by atoms with Crippen LogP contribution < -0.4 is 0 Å². The Bertz CT molecular complexity index is 491. The molecule has 1 aliphatic rings. The van der Waals surface area contributed by atoms with Gasteiger partial charge >= 0.3 is 0 Å². The van der Waals surface area contributed by atoms with Crippen molar-refractivity contribution >= 4 is 10.0 Å². The lowest BCUT2D eigenvalue weighted by Crippen LogP contribution is -2.36. The zero-order chi connectivity index (χ0) is 11.6. The Hall–Kier alpha value is -1.13. The molecule has 0 aromatic heterocycles. The molecule has 86 valence electrons. The van der Waals surface area contributed by atoms with Crippen molar-refractivity contribution in [1.82, 2.24) is 4.31 Å². The molecular weight excluding hydrogens is 222 g/mol. The predicted molar refractivity (Wildman–Crippen MR) is 64.4 cm³/mol. The van der Waals surface area contributed by atoms with E-state index >= 15 is 0 Å². The van der Waals surface area contributed by atoms with Crippen LogP contribution in [0.25, 0.3) is 0 Å². The van der Waals surface area contributed by atoms with E-state index in [1.165, 1.54) is 4.31 Å². The van der Waals surface area contributed by atoms with Crippen LogP contribution in [0, 0.1) is 0 Å². The molecule has 0 fully saturated rings. The van der Waals surface area contributed by atoms with E-state index in [1.807, 2.05) is 43.3 Å². The second kappa shape index (κ2) is 4.39. The monoisotopic (exact) mass is 237 g/mol. The number of hydrogen-bond donors (Lipinski definition) is 0. The first kappa shape index (κ1) is 11.4. The van der Waals surface area contributed by atoms with Gasteiger partial charge in [0.2, 0.25) is 10.0 Å². The molecule has 0 amide bonds. The van der Waals surface area contributed by atoms with Gasteiger partial charge in [0.1, 0.15) is 0 Å². The zero-order valence-electron chi connectivity index (χ0n) is 9.26. The van der Waals surface area contributed by atoms with Crippen molar-refractivity contribution in [2.45, 2.75) is 13.5 Å². The van der Waals surface area contributed by atoms with Crippen LogP contribution in [0.15, 0.2) is 42.0 Å². The van der Waals surface area contributed by atoms with E-state index in [4.69, 9.17) is 0 Å². The molecule has 0 saturated heterocycles. The molecule has 0 spiro atoms. The van der Waals surface area contributed by atoms with Gasteiger partial charge in [0.15, 0.2) is 0 Å². The Labute approximate surface area is 96.4 Å². The normalized spacial score (nSPS) is 20.4. The summed E-state index contributed by atoms with van der Waals surface area (Å²) in [6.45, 7) is 2.81. The maximum atomic E-state index is 11.9. The van der Waals surface area contributed by atoms with E-state index in [1.54, 1.807) is 0 Å². The van der Waals surface area contributed by atoms with Crippen LogP contribution in [0.5, 0.6) is 0 Å². The Morgan fingerprint density at radius 2 is 1.94 bits per heavy atom. The molecule has 16 heavy (non-hydrogen) atoms. The molecular formula is C12H15NO2S. The first-order chi connectivity index (χ1) is 7.58. The van der Waals surface area contributed by atoms with Crippen LogP contribution in [0.3, 0.4) is 0 Å². The standard InChI is InChI=1S/C12H15NO2S/c1-11-7-8-13(16(14,15)10-11)9-12-5-3-2-4-6-12/h2-7H,8-10H2,1H3. The minimum absolute atomic E-state index is 0.153. The molecule has 3 nitrogen and oxygen atoms in total. The smallest absolute Gasteiger partial charge is 0.212 e. The molecule has 4 heteroatoms. The minimum Gasteiger partial charge on any atom is -0.212 e. The van der Waals surface area contributed by atoms with Crippen molar-refractivity contribution < 1.29 is 8.42 Å². The van der Waals surface area contributed by atoms with Crippen LogP contribution in [-0.4, -0.2) is 25.0 Å². The molecule has 1 aliphatic heterocycles. The van der Waals surface area contributed by atoms with Crippen LogP contribution >= 0.6 is 0 Å². The summed E-state index contributed by atoms with van der Waals surface area (Å²) in [4.78, 5) is 0. The highest BCUT2D eigenvalue weighted by Gasteiger charge is 2.25. The third-order valence-electron chi connectivity index (χ3n) is 2.65. The van der Waals surface area contributed by atoms with E-state index in [0.29, 0.717) is 13.1 Å². The van der Waals surface area contributed by atoms with Crippen LogP contribution in [0.1, 0.15) is 12.5 Å². The topological polar surface area (TPSA) is 37.4 Å². The molecule has 1 heterocycles.